The lowest BCUT2D eigenvalue weighted by atomic mass is 9.79. The zero-order chi connectivity index (χ0) is 23.7. The number of nitrogens with zero attached hydrogens (tertiary/aromatic N) is 1. The van der Waals surface area contributed by atoms with Crippen LogP contribution >= 0.6 is 0 Å². The maximum absolute atomic E-state index is 14.0. The van der Waals surface area contributed by atoms with Gasteiger partial charge in [-0.1, -0.05) is 49.6 Å². The minimum Gasteiger partial charge on any atom is -0.458 e. The van der Waals surface area contributed by atoms with Crippen LogP contribution in [-0.4, -0.2) is 47.2 Å². The summed E-state index contributed by atoms with van der Waals surface area (Å²) in [6.07, 6.45) is 4.93. The van der Waals surface area contributed by atoms with Gasteiger partial charge in [0.1, 0.15) is 11.6 Å². The van der Waals surface area contributed by atoms with Gasteiger partial charge in [-0.05, 0) is 53.0 Å². The van der Waals surface area contributed by atoms with Crippen molar-refractivity contribution in [2.45, 2.75) is 96.1 Å². The number of esters is 1. The molecule has 1 saturated heterocycles. The molecule has 1 aliphatic heterocycles. The Morgan fingerprint density at radius 1 is 1.00 bits per heavy atom. The molecule has 0 spiro atoms. The van der Waals surface area contributed by atoms with E-state index in [0.717, 1.165) is 37.7 Å². The Morgan fingerprint density at radius 2 is 1.59 bits per heavy atom. The predicted molar refractivity (Wildman–Crippen MR) is 125 cm³/mol. The van der Waals surface area contributed by atoms with Crippen LogP contribution in [0.3, 0.4) is 0 Å². The second-order valence-electron chi connectivity index (χ2n) is 10.8. The maximum Gasteiger partial charge on any atom is 0.329 e. The monoisotopic (exact) mass is 444 g/mol. The minimum atomic E-state index is -0.807. The molecule has 0 aromatic heterocycles. The summed E-state index contributed by atoms with van der Waals surface area (Å²) in [4.78, 5) is 29.4. The lowest BCUT2D eigenvalue weighted by Crippen LogP contribution is -2.54. The van der Waals surface area contributed by atoms with E-state index in [9.17, 15) is 9.59 Å². The molecular formula is C26H40N2O4. The van der Waals surface area contributed by atoms with E-state index in [-0.39, 0.29) is 11.8 Å². The minimum absolute atomic E-state index is 0.0132. The van der Waals surface area contributed by atoms with Gasteiger partial charge >= 0.3 is 5.97 Å². The summed E-state index contributed by atoms with van der Waals surface area (Å²) in [6, 6.07) is 8.11. The summed E-state index contributed by atoms with van der Waals surface area (Å²) in [5.74, 6) is -0.901. The van der Waals surface area contributed by atoms with E-state index in [0.29, 0.717) is 0 Å². The molecule has 0 radical (unpaired) electrons. The van der Waals surface area contributed by atoms with Crippen LogP contribution < -0.4 is 5.73 Å². The fraction of sp³-hybridized carbons (Fsp3) is 0.692. The number of carbonyl (C=O) groups excluding carboxylic acids is 2. The highest BCUT2D eigenvalue weighted by Crippen LogP contribution is 2.47. The molecule has 1 heterocycles. The predicted octanol–water partition coefficient (Wildman–Crippen LogP) is 4.23. The topological polar surface area (TPSA) is 81.9 Å². The Balaban J connectivity index is 2.13. The second-order valence-corrected chi connectivity index (χ2v) is 10.8. The number of nitrogens with two attached hydrogens (primary N) is 1. The lowest BCUT2D eigenvalue weighted by Gasteiger charge is -2.38. The third-order valence-electron chi connectivity index (χ3n) is 7.05. The standard InChI is InChI=1S/C26H40N2O4/c1-25(2,3)32-24(30)22-19(26(4,5)31-6)20(27)21(17-13-9-7-10-14-17)28(22)23(29)18-15-11-8-12-16-18/h7,9-10,13-14,18-22H,8,11-12,15-16,27H2,1-6H3/t19-,20-,21-,22-/m1/s1. The van der Waals surface area contributed by atoms with Gasteiger partial charge in [-0.3, -0.25) is 4.79 Å². The number of carbonyl (C=O) groups is 2. The highest BCUT2D eigenvalue weighted by atomic mass is 16.6. The normalized spacial score (nSPS) is 27.4. The van der Waals surface area contributed by atoms with Gasteiger partial charge in [0, 0.05) is 25.0 Å². The van der Waals surface area contributed by atoms with Crippen LogP contribution in [0.4, 0.5) is 0 Å². The lowest BCUT2D eigenvalue weighted by molar-refractivity contribution is -0.170. The first-order valence-electron chi connectivity index (χ1n) is 11.9. The molecule has 178 valence electrons. The van der Waals surface area contributed by atoms with Gasteiger partial charge < -0.3 is 20.1 Å². The number of benzene rings is 1. The van der Waals surface area contributed by atoms with Crippen molar-refractivity contribution in [3.8, 4) is 0 Å². The Morgan fingerprint density at radius 3 is 2.12 bits per heavy atom. The van der Waals surface area contributed by atoms with E-state index in [1.165, 1.54) is 0 Å². The summed E-state index contributed by atoms with van der Waals surface area (Å²) >= 11 is 0. The van der Waals surface area contributed by atoms with E-state index in [1.54, 1.807) is 12.0 Å². The molecule has 0 bridgehead atoms. The SMILES string of the molecule is COC(C)(C)[C@@H]1[C@@H](N)[C@@H](c2ccccc2)N(C(=O)C2CCCCC2)[C@H]1C(=O)OC(C)(C)C. The van der Waals surface area contributed by atoms with Crippen LogP contribution in [0, 0.1) is 11.8 Å². The van der Waals surface area contributed by atoms with Gasteiger partial charge in [0.05, 0.1) is 11.6 Å². The van der Waals surface area contributed by atoms with Crippen LogP contribution in [-0.2, 0) is 19.1 Å². The molecule has 2 aliphatic rings. The molecule has 32 heavy (non-hydrogen) atoms. The molecule has 2 fully saturated rings. The van der Waals surface area contributed by atoms with Crippen molar-refractivity contribution < 1.29 is 19.1 Å². The second kappa shape index (κ2) is 9.52. The van der Waals surface area contributed by atoms with Crippen LogP contribution in [0.1, 0.15) is 78.3 Å². The van der Waals surface area contributed by atoms with Crippen LogP contribution in [0.5, 0.6) is 0 Å². The first kappa shape index (κ1) is 24.7. The van der Waals surface area contributed by atoms with Gasteiger partial charge in [0.2, 0.25) is 5.91 Å². The summed E-state index contributed by atoms with van der Waals surface area (Å²) in [6.45, 7) is 9.41. The van der Waals surface area contributed by atoms with Gasteiger partial charge in [0.25, 0.3) is 0 Å². The summed E-state index contributed by atoms with van der Waals surface area (Å²) < 4.78 is 11.7. The number of amides is 1. The summed E-state index contributed by atoms with van der Waals surface area (Å²) in [7, 11) is 1.63. The van der Waals surface area contributed by atoms with Crippen molar-refractivity contribution in [1.82, 2.24) is 4.90 Å². The maximum atomic E-state index is 14.0. The zero-order valence-electron chi connectivity index (χ0n) is 20.5. The number of hydrogen-bond donors (Lipinski definition) is 1. The van der Waals surface area contributed by atoms with Gasteiger partial charge in [-0.25, -0.2) is 4.79 Å². The van der Waals surface area contributed by atoms with Crippen molar-refractivity contribution in [1.29, 1.82) is 0 Å². The summed E-state index contributed by atoms with van der Waals surface area (Å²) in [5.41, 5.74) is 6.42. The fourth-order valence-corrected chi connectivity index (χ4v) is 5.41. The van der Waals surface area contributed by atoms with Crippen LogP contribution in [0.25, 0.3) is 0 Å². The fourth-order valence-electron chi connectivity index (χ4n) is 5.41. The molecule has 6 heteroatoms. The quantitative estimate of drug-likeness (QED) is 0.688. The number of ether oxygens (including phenoxy) is 2. The molecule has 1 aromatic rings. The van der Waals surface area contributed by atoms with E-state index < -0.39 is 41.2 Å². The molecule has 3 rings (SSSR count). The third-order valence-corrected chi connectivity index (χ3v) is 7.05. The van der Waals surface area contributed by atoms with Gasteiger partial charge in [0.15, 0.2) is 0 Å². The van der Waals surface area contributed by atoms with Crippen molar-refractivity contribution in [3.63, 3.8) is 0 Å². The van der Waals surface area contributed by atoms with Crippen LogP contribution in [0.2, 0.25) is 0 Å². The van der Waals surface area contributed by atoms with Gasteiger partial charge in [-0.2, -0.15) is 0 Å². The molecule has 4 atom stereocenters. The Labute approximate surface area is 192 Å². The largest absolute Gasteiger partial charge is 0.458 e. The molecule has 1 aliphatic carbocycles. The average Bonchev–Trinajstić information content (AvgIpc) is 3.07. The smallest absolute Gasteiger partial charge is 0.329 e. The first-order valence-corrected chi connectivity index (χ1v) is 11.9. The Kier molecular flexibility index (Phi) is 7.35. The molecule has 0 unspecified atom stereocenters. The molecule has 1 saturated carbocycles. The van der Waals surface area contributed by atoms with Crippen molar-refractivity contribution in [2.75, 3.05) is 7.11 Å². The molecule has 6 nitrogen and oxygen atoms in total. The zero-order valence-corrected chi connectivity index (χ0v) is 20.5. The van der Waals surface area contributed by atoms with Crippen LogP contribution in [0.15, 0.2) is 30.3 Å². The highest BCUT2D eigenvalue weighted by Gasteiger charge is 2.59. The number of likely N-dealkylation sites (tertiary alicyclic amines) is 1. The summed E-state index contributed by atoms with van der Waals surface area (Å²) in [5, 5.41) is 0. The van der Waals surface area contributed by atoms with E-state index >= 15 is 0 Å². The number of methoxy groups -OCH3 is 1. The Hall–Kier alpha value is -1.92. The number of rotatable bonds is 5. The highest BCUT2D eigenvalue weighted by molar-refractivity contribution is 5.88. The first-order chi connectivity index (χ1) is 15.0. The number of hydrogen-bond acceptors (Lipinski definition) is 5. The average molecular weight is 445 g/mol. The van der Waals surface area contributed by atoms with Crippen molar-refractivity contribution in [2.24, 2.45) is 17.6 Å². The Bertz CT molecular complexity index is 796. The van der Waals surface area contributed by atoms with E-state index in [2.05, 4.69) is 0 Å². The molecule has 1 amide bonds. The van der Waals surface area contributed by atoms with E-state index in [1.807, 2.05) is 65.0 Å². The van der Waals surface area contributed by atoms with Crippen molar-refractivity contribution >= 4 is 11.9 Å². The van der Waals surface area contributed by atoms with Crippen molar-refractivity contribution in [3.05, 3.63) is 35.9 Å². The molecule has 1 aromatic carbocycles. The van der Waals surface area contributed by atoms with E-state index in [4.69, 9.17) is 15.2 Å². The third kappa shape index (κ3) is 5.01. The molecular weight excluding hydrogens is 404 g/mol. The molecule has 2 N–H and O–H groups in total. The van der Waals surface area contributed by atoms with Gasteiger partial charge in [-0.15, -0.1) is 0 Å².